The van der Waals surface area contributed by atoms with Crippen LogP contribution in [0.2, 0.25) is 0 Å². The van der Waals surface area contributed by atoms with Gasteiger partial charge in [0.25, 0.3) is 0 Å². The molecule has 2 aromatic rings. The average molecular weight is 333 g/mol. The van der Waals surface area contributed by atoms with Crippen molar-refractivity contribution < 1.29 is 13.5 Å². The Morgan fingerprint density at radius 1 is 1.17 bits per heavy atom. The first-order valence-electron chi connectivity index (χ1n) is 8.49. The van der Waals surface area contributed by atoms with Crippen LogP contribution in [0.5, 0.6) is 0 Å². The van der Waals surface area contributed by atoms with Crippen LogP contribution in [0.1, 0.15) is 6.42 Å². The van der Waals surface area contributed by atoms with Crippen molar-refractivity contribution in [3.8, 4) is 0 Å². The third-order valence-corrected chi connectivity index (χ3v) is 4.99. The summed E-state index contributed by atoms with van der Waals surface area (Å²) < 4.78 is 33.0. The molecule has 0 radical (unpaired) electrons. The van der Waals surface area contributed by atoms with Gasteiger partial charge in [-0.1, -0.05) is 0 Å². The molecule has 2 saturated heterocycles. The Hall–Kier alpha value is -1.79. The molecular formula is C18H21F2N3O. The predicted molar refractivity (Wildman–Crippen MR) is 89.2 cm³/mol. The van der Waals surface area contributed by atoms with Gasteiger partial charge in [0.2, 0.25) is 0 Å². The normalized spacial score (nSPS) is 22.4. The smallest absolute Gasteiger partial charge is 0.152 e. The molecule has 0 spiro atoms. The van der Waals surface area contributed by atoms with Crippen molar-refractivity contribution >= 4 is 16.6 Å². The molecule has 0 bridgehead atoms. The Labute approximate surface area is 140 Å². The highest BCUT2D eigenvalue weighted by Crippen LogP contribution is 2.31. The highest BCUT2D eigenvalue weighted by Gasteiger charge is 2.26. The first kappa shape index (κ1) is 15.7. The van der Waals surface area contributed by atoms with Gasteiger partial charge in [-0.05, 0) is 24.5 Å². The minimum absolute atomic E-state index is 0.241. The van der Waals surface area contributed by atoms with Crippen LogP contribution in [0.25, 0.3) is 10.9 Å². The molecule has 0 amide bonds. The van der Waals surface area contributed by atoms with E-state index < -0.39 is 11.6 Å². The lowest BCUT2D eigenvalue weighted by Crippen LogP contribution is -2.39. The molecule has 4 rings (SSSR count). The van der Waals surface area contributed by atoms with Gasteiger partial charge in [-0.3, -0.25) is 9.88 Å². The van der Waals surface area contributed by atoms with E-state index >= 15 is 0 Å². The molecule has 1 aromatic carbocycles. The first-order chi connectivity index (χ1) is 11.7. The Morgan fingerprint density at radius 3 is 2.83 bits per heavy atom. The van der Waals surface area contributed by atoms with Crippen molar-refractivity contribution in [3.63, 3.8) is 0 Å². The van der Waals surface area contributed by atoms with Gasteiger partial charge in [0.15, 0.2) is 5.82 Å². The van der Waals surface area contributed by atoms with E-state index in [-0.39, 0.29) is 5.52 Å². The second-order valence-corrected chi connectivity index (χ2v) is 6.63. The number of ether oxygens (including phenoxy) is 1. The number of fused-ring (bicyclic) bond motifs is 1. The largest absolute Gasteiger partial charge is 0.379 e. The van der Waals surface area contributed by atoms with Crippen LogP contribution < -0.4 is 4.90 Å². The minimum atomic E-state index is -0.601. The molecule has 2 aliphatic rings. The zero-order valence-corrected chi connectivity index (χ0v) is 13.5. The number of morpholine rings is 1. The number of benzene rings is 1. The maximum atomic E-state index is 14.0. The lowest BCUT2D eigenvalue weighted by Gasteiger charge is -2.29. The van der Waals surface area contributed by atoms with E-state index in [9.17, 15) is 8.78 Å². The zero-order valence-electron chi connectivity index (χ0n) is 13.5. The number of aromatic nitrogens is 1. The van der Waals surface area contributed by atoms with Crippen LogP contribution in [0.4, 0.5) is 14.5 Å². The molecule has 128 valence electrons. The third kappa shape index (κ3) is 3.08. The maximum Gasteiger partial charge on any atom is 0.152 e. The molecule has 4 nitrogen and oxygen atoms in total. The highest BCUT2D eigenvalue weighted by atomic mass is 19.1. The molecular weight excluding hydrogens is 312 g/mol. The Morgan fingerprint density at radius 2 is 2.00 bits per heavy atom. The van der Waals surface area contributed by atoms with Crippen molar-refractivity contribution in [2.45, 2.75) is 6.42 Å². The number of nitrogens with zero attached hydrogens (tertiary/aromatic N) is 3. The van der Waals surface area contributed by atoms with Gasteiger partial charge in [0, 0.05) is 56.1 Å². The van der Waals surface area contributed by atoms with Crippen LogP contribution in [0.15, 0.2) is 24.4 Å². The summed E-state index contributed by atoms with van der Waals surface area (Å²) >= 11 is 0. The number of pyridine rings is 1. The molecule has 1 atom stereocenters. The summed E-state index contributed by atoms with van der Waals surface area (Å²) in [5.74, 6) is -0.584. The summed E-state index contributed by atoms with van der Waals surface area (Å²) in [6, 6.07) is 4.14. The van der Waals surface area contributed by atoms with Crippen molar-refractivity contribution in [3.05, 3.63) is 36.0 Å². The van der Waals surface area contributed by atoms with Crippen LogP contribution in [-0.4, -0.2) is 55.8 Å². The van der Waals surface area contributed by atoms with E-state index in [1.54, 1.807) is 6.20 Å². The summed E-state index contributed by atoms with van der Waals surface area (Å²) in [5.41, 5.74) is 1.12. The van der Waals surface area contributed by atoms with E-state index in [4.69, 9.17) is 4.74 Å². The lowest BCUT2D eigenvalue weighted by molar-refractivity contribution is 0.0320. The summed E-state index contributed by atoms with van der Waals surface area (Å²) in [6.45, 7) is 6.48. The second-order valence-electron chi connectivity index (χ2n) is 6.63. The molecule has 2 aliphatic heterocycles. The van der Waals surface area contributed by atoms with Crippen LogP contribution >= 0.6 is 0 Å². The summed E-state index contributed by atoms with van der Waals surface area (Å²) in [5, 5.41) is 0.557. The standard InChI is InChI=1S/C18H21F2N3O/c19-14-9-15-17(1-3-21-18(15)16(20)10-14)23-4-2-13(12-23)11-22-5-7-24-8-6-22/h1,3,9-10,13H,2,4-8,11-12H2. The summed E-state index contributed by atoms with van der Waals surface area (Å²) in [7, 11) is 0. The Balaban J connectivity index is 1.53. The van der Waals surface area contributed by atoms with E-state index in [2.05, 4.69) is 14.8 Å². The van der Waals surface area contributed by atoms with Crippen molar-refractivity contribution in [1.82, 2.24) is 9.88 Å². The fourth-order valence-electron chi connectivity index (χ4n) is 3.79. The van der Waals surface area contributed by atoms with Gasteiger partial charge in [-0.2, -0.15) is 0 Å². The van der Waals surface area contributed by atoms with Crippen molar-refractivity contribution in [2.75, 3.05) is 50.8 Å². The quantitative estimate of drug-likeness (QED) is 0.863. The Bertz CT molecular complexity index is 734. The summed E-state index contributed by atoms with van der Waals surface area (Å²) in [6.07, 6.45) is 2.70. The van der Waals surface area contributed by atoms with Crippen LogP contribution in [0, 0.1) is 17.6 Å². The van der Waals surface area contributed by atoms with Crippen LogP contribution in [-0.2, 0) is 4.74 Å². The molecule has 1 unspecified atom stereocenters. The number of rotatable bonds is 3. The van der Waals surface area contributed by atoms with Gasteiger partial charge >= 0.3 is 0 Å². The fourth-order valence-corrected chi connectivity index (χ4v) is 3.79. The number of hydrogen-bond acceptors (Lipinski definition) is 4. The molecule has 6 heteroatoms. The van der Waals surface area contributed by atoms with E-state index in [1.807, 2.05) is 6.07 Å². The van der Waals surface area contributed by atoms with Crippen LogP contribution in [0.3, 0.4) is 0 Å². The second kappa shape index (κ2) is 6.61. The van der Waals surface area contributed by atoms with Crippen molar-refractivity contribution in [2.24, 2.45) is 5.92 Å². The molecule has 2 fully saturated rings. The highest BCUT2D eigenvalue weighted by molar-refractivity contribution is 5.92. The topological polar surface area (TPSA) is 28.6 Å². The van der Waals surface area contributed by atoms with Gasteiger partial charge in [0.05, 0.1) is 13.2 Å². The minimum Gasteiger partial charge on any atom is -0.379 e. The zero-order chi connectivity index (χ0) is 16.5. The summed E-state index contributed by atoms with van der Waals surface area (Å²) in [4.78, 5) is 8.75. The average Bonchev–Trinajstić information content (AvgIpc) is 3.03. The number of anilines is 1. The SMILES string of the molecule is Fc1cc(F)c2nccc(N3CCC(CN4CCOCC4)C3)c2c1. The third-order valence-electron chi connectivity index (χ3n) is 4.99. The van der Waals surface area contributed by atoms with E-state index in [1.165, 1.54) is 6.07 Å². The molecule has 0 aliphatic carbocycles. The maximum absolute atomic E-state index is 14.0. The van der Waals surface area contributed by atoms with Gasteiger partial charge in [0.1, 0.15) is 11.3 Å². The first-order valence-corrected chi connectivity index (χ1v) is 8.49. The van der Waals surface area contributed by atoms with E-state index in [0.717, 1.165) is 64.1 Å². The fraction of sp³-hybridized carbons (Fsp3) is 0.500. The molecule has 3 heterocycles. The number of hydrogen-bond donors (Lipinski definition) is 0. The van der Waals surface area contributed by atoms with Gasteiger partial charge in [-0.25, -0.2) is 8.78 Å². The molecule has 24 heavy (non-hydrogen) atoms. The molecule has 0 N–H and O–H groups in total. The van der Waals surface area contributed by atoms with Gasteiger partial charge < -0.3 is 9.64 Å². The van der Waals surface area contributed by atoms with Crippen molar-refractivity contribution in [1.29, 1.82) is 0 Å². The van der Waals surface area contributed by atoms with Gasteiger partial charge in [-0.15, -0.1) is 0 Å². The Kier molecular flexibility index (Phi) is 4.33. The molecule has 1 aromatic heterocycles. The number of halogens is 2. The lowest BCUT2D eigenvalue weighted by atomic mass is 10.1. The monoisotopic (exact) mass is 333 g/mol. The van der Waals surface area contributed by atoms with E-state index in [0.29, 0.717) is 11.3 Å². The predicted octanol–water partition coefficient (Wildman–Crippen LogP) is 2.67. The molecule has 0 saturated carbocycles.